The lowest BCUT2D eigenvalue weighted by molar-refractivity contribution is -0.385. The summed E-state index contributed by atoms with van der Waals surface area (Å²) in [4.78, 5) is 10.5. The van der Waals surface area contributed by atoms with Gasteiger partial charge in [0, 0.05) is 6.07 Å². The Balaban J connectivity index is 2.40. The minimum Gasteiger partial charge on any atom is -0.490 e. The third-order valence-electron chi connectivity index (χ3n) is 2.81. The topological polar surface area (TPSA) is 83.1 Å². The summed E-state index contributed by atoms with van der Waals surface area (Å²) in [6, 6.07) is 4.57. The van der Waals surface area contributed by atoms with E-state index < -0.39 is 4.92 Å². The van der Waals surface area contributed by atoms with Gasteiger partial charge in [-0.25, -0.2) is 4.68 Å². The third kappa shape index (κ3) is 2.72. The van der Waals surface area contributed by atoms with Crippen molar-refractivity contribution in [2.24, 2.45) is 0 Å². The molecule has 1 atom stereocenters. The van der Waals surface area contributed by atoms with Crippen molar-refractivity contribution in [3.63, 3.8) is 0 Å². The first-order chi connectivity index (χ1) is 9.56. The number of aromatic nitrogens is 3. The first-order valence-corrected chi connectivity index (χ1v) is 6.39. The molecule has 20 heavy (non-hydrogen) atoms. The number of nitrogens with zero attached hydrogens (tertiary/aromatic N) is 4. The molecule has 1 unspecified atom stereocenters. The van der Waals surface area contributed by atoms with Crippen LogP contribution in [-0.4, -0.2) is 27.0 Å². The van der Waals surface area contributed by atoms with Gasteiger partial charge in [0.1, 0.15) is 5.69 Å². The van der Waals surface area contributed by atoms with Crippen LogP contribution in [-0.2, 0) is 0 Å². The number of ether oxygens (including phenoxy) is 1. The van der Waals surface area contributed by atoms with Crippen molar-refractivity contribution in [3.05, 3.63) is 40.2 Å². The Morgan fingerprint density at radius 1 is 1.55 bits per heavy atom. The van der Waals surface area contributed by atoms with E-state index in [1.54, 1.807) is 12.3 Å². The second kappa shape index (κ2) is 5.87. The molecule has 0 N–H and O–H groups in total. The standard InChI is InChI=1S/C12H13ClN4O3/c1-3-9(13)10-7-16(15-14-10)8-4-5-12(20-2)11(6-8)17(18)19/h4-7,9H,3H2,1-2H3. The minimum atomic E-state index is -0.503. The Kier molecular flexibility index (Phi) is 4.19. The fraction of sp³-hybridized carbons (Fsp3) is 0.333. The van der Waals surface area contributed by atoms with E-state index in [0.717, 1.165) is 6.42 Å². The van der Waals surface area contributed by atoms with Gasteiger partial charge < -0.3 is 4.74 Å². The monoisotopic (exact) mass is 296 g/mol. The molecule has 0 saturated heterocycles. The van der Waals surface area contributed by atoms with Crippen molar-refractivity contribution < 1.29 is 9.66 Å². The predicted molar refractivity (Wildman–Crippen MR) is 73.5 cm³/mol. The molecule has 0 aliphatic carbocycles. The van der Waals surface area contributed by atoms with Gasteiger partial charge in [-0.15, -0.1) is 16.7 Å². The molecule has 7 nitrogen and oxygen atoms in total. The molecule has 0 aliphatic heterocycles. The Morgan fingerprint density at radius 3 is 2.90 bits per heavy atom. The first kappa shape index (κ1) is 14.3. The Morgan fingerprint density at radius 2 is 2.30 bits per heavy atom. The number of alkyl halides is 1. The molecule has 0 saturated carbocycles. The highest BCUT2D eigenvalue weighted by Gasteiger charge is 2.17. The number of rotatable bonds is 5. The van der Waals surface area contributed by atoms with Crippen LogP contribution in [0.15, 0.2) is 24.4 Å². The van der Waals surface area contributed by atoms with Crippen LogP contribution in [0.3, 0.4) is 0 Å². The van der Waals surface area contributed by atoms with Crippen LogP contribution in [0.1, 0.15) is 24.4 Å². The van der Waals surface area contributed by atoms with E-state index in [4.69, 9.17) is 16.3 Å². The lowest BCUT2D eigenvalue weighted by Crippen LogP contribution is -1.99. The number of methoxy groups -OCH3 is 1. The number of benzene rings is 1. The van der Waals surface area contributed by atoms with Gasteiger partial charge >= 0.3 is 5.69 Å². The summed E-state index contributed by atoms with van der Waals surface area (Å²) < 4.78 is 6.40. The molecule has 0 amide bonds. The molecule has 1 heterocycles. The maximum Gasteiger partial charge on any atom is 0.313 e. The van der Waals surface area contributed by atoms with Crippen molar-refractivity contribution in [1.82, 2.24) is 15.0 Å². The van der Waals surface area contributed by atoms with Gasteiger partial charge in [0.15, 0.2) is 5.75 Å². The van der Waals surface area contributed by atoms with Gasteiger partial charge in [-0.3, -0.25) is 10.1 Å². The lowest BCUT2D eigenvalue weighted by Gasteiger charge is -2.04. The summed E-state index contributed by atoms with van der Waals surface area (Å²) in [5.74, 6) is 0.197. The fourth-order valence-electron chi connectivity index (χ4n) is 1.72. The zero-order valence-corrected chi connectivity index (χ0v) is 11.7. The molecule has 0 radical (unpaired) electrons. The van der Waals surface area contributed by atoms with Crippen LogP contribution in [0.2, 0.25) is 0 Å². The number of hydrogen-bond donors (Lipinski definition) is 0. The van der Waals surface area contributed by atoms with E-state index in [9.17, 15) is 10.1 Å². The van der Waals surface area contributed by atoms with Crippen molar-refractivity contribution in [1.29, 1.82) is 0 Å². The quantitative estimate of drug-likeness (QED) is 0.481. The highest BCUT2D eigenvalue weighted by molar-refractivity contribution is 6.20. The summed E-state index contributed by atoms with van der Waals surface area (Å²) in [5.41, 5.74) is 1.03. The maximum atomic E-state index is 11.0. The average molecular weight is 297 g/mol. The summed E-state index contributed by atoms with van der Waals surface area (Å²) in [6.45, 7) is 1.94. The molecule has 1 aromatic carbocycles. The number of halogens is 1. The molecule has 8 heteroatoms. The molecule has 0 aliphatic rings. The summed E-state index contributed by atoms with van der Waals surface area (Å²) in [5, 5.41) is 18.6. The van der Waals surface area contributed by atoms with E-state index in [-0.39, 0.29) is 16.8 Å². The second-order valence-corrected chi connectivity index (χ2v) is 4.60. The van der Waals surface area contributed by atoms with Crippen molar-refractivity contribution in [3.8, 4) is 11.4 Å². The predicted octanol–water partition coefficient (Wildman–Crippen LogP) is 2.87. The fourth-order valence-corrected chi connectivity index (χ4v) is 1.82. The first-order valence-electron chi connectivity index (χ1n) is 5.96. The molecule has 0 bridgehead atoms. The van der Waals surface area contributed by atoms with E-state index in [1.807, 2.05) is 6.92 Å². The zero-order valence-electron chi connectivity index (χ0n) is 11.0. The van der Waals surface area contributed by atoms with Gasteiger partial charge in [-0.1, -0.05) is 12.1 Å². The normalized spacial score (nSPS) is 12.2. The SMILES string of the molecule is CCC(Cl)c1cn(-c2ccc(OC)c([N+](=O)[O-])c2)nn1. The van der Waals surface area contributed by atoms with Gasteiger partial charge in [0.05, 0.1) is 29.3 Å². The molecule has 0 spiro atoms. The van der Waals surface area contributed by atoms with Gasteiger partial charge in [-0.2, -0.15) is 0 Å². The Bertz CT molecular complexity index is 629. The molecule has 0 fully saturated rings. The lowest BCUT2D eigenvalue weighted by atomic mass is 10.2. The molecular weight excluding hydrogens is 284 g/mol. The molecule has 106 valence electrons. The van der Waals surface area contributed by atoms with Gasteiger partial charge in [0.25, 0.3) is 0 Å². The van der Waals surface area contributed by atoms with Crippen LogP contribution in [0.25, 0.3) is 5.69 Å². The summed E-state index contributed by atoms with van der Waals surface area (Å²) in [7, 11) is 1.38. The number of nitro benzene ring substituents is 1. The summed E-state index contributed by atoms with van der Waals surface area (Å²) >= 11 is 6.08. The third-order valence-corrected chi connectivity index (χ3v) is 3.35. The van der Waals surface area contributed by atoms with Crippen molar-refractivity contribution >= 4 is 17.3 Å². The van der Waals surface area contributed by atoms with E-state index in [2.05, 4.69) is 10.3 Å². The highest BCUT2D eigenvalue weighted by Crippen LogP contribution is 2.29. The molecule has 2 rings (SSSR count). The minimum absolute atomic E-state index is 0.125. The van der Waals surface area contributed by atoms with Crippen LogP contribution in [0.5, 0.6) is 5.75 Å². The van der Waals surface area contributed by atoms with E-state index in [0.29, 0.717) is 11.4 Å². The molecule has 2 aromatic rings. The van der Waals surface area contributed by atoms with Crippen LogP contribution >= 0.6 is 11.6 Å². The summed E-state index contributed by atoms with van der Waals surface area (Å²) in [6.07, 6.45) is 2.38. The van der Waals surface area contributed by atoms with Crippen LogP contribution < -0.4 is 4.74 Å². The Hall–Kier alpha value is -2.15. The molecule has 1 aromatic heterocycles. The smallest absolute Gasteiger partial charge is 0.313 e. The Labute approximate surface area is 120 Å². The highest BCUT2D eigenvalue weighted by atomic mass is 35.5. The maximum absolute atomic E-state index is 11.0. The van der Waals surface area contributed by atoms with E-state index >= 15 is 0 Å². The average Bonchev–Trinajstić information content (AvgIpc) is 2.95. The second-order valence-electron chi connectivity index (χ2n) is 4.08. The van der Waals surface area contributed by atoms with Crippen LogP contribution in [0.4, 0.5) is 5.69 Å². The number of hydrogen-bond acceptors (Lipinski definition) is 5. The van der Waals surface area contributed by atoms with Gasteiger partial charge in [-0.05, 0) is 18.6 Å². The van der Waals surface area contributed by atoms with Gasteiger partial charge in [0.2, 0.25) is 0 Å². The van der Waals surface area contributed by atoms with Crippen LogP contribution in [0, 0.1) is 10.1 Å². The van der Waals surface area contributed by atoms with E-state index in [1.165, 1.54) is 23.9 Å². The van der Waals surface area contributed by atoms with Crippen molar-refractivity contribution in [2.45, 2.75) is 18.7 Å². The molecular formula is C12H13ClN4O3. The number of nitro groups is 1. The van der Waals surface area contributed by atoms with Crippen molar-refractivity contribution in [2.75, 3.05) is 7.11 Å². The zero-order chi connectivity index (χ0) is 14.7. The largest absolute Gasteiger partial charge is 0.490 e.